The Morgan fingerprint density at radius 1 is 1.32 bits per heavy atom. The van der Waals surface area contributed by atoms with Gasteiger partial charge in [0.25, 0.3) is 5.91 Å². The van der Waals surface area contributed by atoms with Gasteiger partial charge in [0.05, 0.1) is 23.7 Å². The highest BCUT2D eigenvalue weighted by molar-refractivity contribution is 7.15. The summed E-state index contributed by atoms with van der Waals surface area (Å²) in [6, 6.07) is 11.3. The second-order valence-electron chi connectivity index (χ2n) is 6.93. The topological polar surface area (TPSA) is 93.7 Å². The first kappa shape index (κ1) is 21.0. The minimum atomic E-state index is -0.268. The fraction of sp³-hybridized carbons (Fsp3) is 0.273. The number of nitrogens with one attached hydrogen (secondary N) is 1. The Labute approximate surface area is 183 Å². The lowest BCUT2D eigenvalue weighted by molar-refractivity contribution is -0.125. The van der Waals surface area contributed by atoms with Gasteiger partial charge in [-0.05, 0) is 37.3 Å². The number of aryl methyl sites for hydroxylation is 1. The molecule has 0 unspecified atom stereocenters. The van der Waals surface area contributed by atoms with Crippen molar-refractivity contribution >= 4 is 28.8 Å². The van der Waals surface area contributed by atoms with Crippen molar-refractivity contribution in [2.45, 2.75) is 6.92 Å². The molecule has 1 aliphatic heterocycles. The van der Waals surface area contributed by atoms with E-state index < -0.39 is 0 Å². The van der Waals surface area contributed by atoms with Gasteiger partial charge in [-0.15, -0.1) is 11.3 Å². The maximum atomic E-state index is 12.5. The molecule has 2 aromatic heterocycles. The SMILES string of the molecule is COCCNC(=O)CN1C(=O)COc2ccc(-c3nc(-c4ccccn4)sc3C)cc21. The first-order chi connectivity index (χ1) is 15.1. The van der Waals surface area contributed by atoms with E-state index in [-0.39, 0.29) is 25.0 Å². The molecule has 160 valence electrons. The molecule has 0 atom stereocenters. The number of nitrogens with zero attached hydrogens (tertiary/aromatic N) is 3. The van der Waals surface area contributed by atoms with Gasteiger partial charge in [0.1, 0.15) is 17.3 Å². The zero-order valence-corrected chi connectivity index (χ0v) is 18.1. The predicted octanol–water partition coefficient (Wildman–Crippen LogP) is 2.67. The van der Waals surface area contributed by atoms with Crippen LogP contribution in [0, 0.1) is 6.92 Å². The molecular formula is C22H22N4O4S. The van der Waals surface area contributed by atoms with Gasteiger partial charge in [-0.3, -0.25) is 19.5 Å². The average molecular weight is 439 g/mol. The molecule has 0 bridgehead atoms. The molecule has 31 heavy (non-hydrogen) atoms. The van der Waals surface area contributed by atoms with Crippen LogP contribution in [0.2, 0.25) is 0 Å². The fourth-order valence-electron chi connectivity index (χ4n) is 3.28. The van der Waals surface area contributed by atoms with Gasteiger partial charge in [-0.25, -0.2) is 4.98 Å². The number of carbonyl (C=O) groups is 2. The molecule has 0 saturated carbocycles. The number of fused-ring (bicyclic) bond motifs is 1. The number of hydrogen-bond acceptors (Lipinski definition) is 7. The highest BCUT2D eigenvalue weighted by Gasteiger charge is 2.28. The largest absolute Gasteiger partial charge is 0.482 e. The van der Waals surface area contributed by atoms with Crippen LogP contribution in [0.5, 0.6) is 5.75 Å². The molecule has 0 spiro atoms. The van der Waals surface area contributed by atoms with Crippen molar-refractivity contribution in [1.29, 1.82) is 0 Å². The van der Waals surface area contributed by atoms with Gasteiger partial charge in [0.2, 0.25) is 5.91 Å². The summed E-state index contributed by atoms with van der Waals surface area (Å²) in [6.45, 7) is 2.61. The standard InChI is InChI=1S/C22H22N4O4S/c1-14-21(25-22(31-14)16-5-3-4-8-23-16)15-6-7-18-17(11-15)26(20(28)13-30-18)12-19(27)24-9-10-29-2/h3-8,11H,9-10,12-13H2,1-2H3,(H,24,27). The molecular weight excluding hydrogens is 416 g/mol. The zero-order chi connectivity index (χ0) is 21.8. The van der Waals surface area contributed by atoms with Crippen molar-refractivity contribution in [2.75, 3.05) is 38.3 Å². The molecule has 1 aromatic carbocycles. The molecule has 3 heterocycles. The Hall–Kier alpha value is -3.30. The predicted molar refractivity (Wildman–Crippen MR) is 118 cm³/mol. The van der Waals surface area contributed by atoms with E-state index in [0.717, 1.165) is 26.8 Å². The van der Waals surface area contributed by atoms with E-state index in [1.54, 1.807) is 24.6 Å². The molecule has 1 aliphatic rings. The van der Waals surface area contributed by atoms with E-state index in [1.165, 1.54) is 4.90 Å². The van der Waals surface area contributed by atoms with Gasteiger partial charge in [-0.2, -0.15) is 0 Å². The molecule has 8 nitrogen and oxygen atoms in total. The minimum absolute atomic E-state index is 0.0857. The van der Waals surface area contributed by atoms with E-state index in [9.17, 15) is 9.59 Å². The molecule has 0 fully saturated rings. The number of anilines is 1. The normalized spacial score (nSPS) is 13.0. The van der Waals surface area contributed by atoms with Crippen LogP contribution >= 0.6 is 11.3 Å². The quantitative estimate of drug-likeness (QED) is 0.570. The third-order valence-electron chi connectivity index (χ3n) is 4.79. The first-order valence-corrected chi connectivity index (χ1v) is 10.6. The minimum Gasteiger partial charge on any atom is -0.482 e. The summed E-state index contributed by atoms with van der Waals surface area (Å²) in [4.78, 5) is 36.4. The number of hydrogen-bond donors (Lipinski definition) is 1. The molecule has 0 saturated heterocycles. The summed E-state index contributed by atoms with van der Waals surface area (Å²) in [5.74, 6) is 0.0347. The third-order valence-corrected chi connectivity index (χ3v) is 5.78. The van der Waals surface area contributed by atoms with Crippen LogP contribution in [-0.2, 0) is 14.3 Å². The summed E-state index contributed by atoms with van der Waals surface area (Å²) >= 11 is 1.56. The third kappa shape index (κ3) is 4.57. The lowest BCUT2D eigenvalue weighted by Crippen LogP contribution is -2.45. The van der Waals surface area contributed by atoms with Crippen molar-refractivity contribution < 1.29 is 19.1 Å². The zero-order valence-electron chi connectivity index (χ0n) is 17.3. The molecule has 4 rings (SSSR count). The van der Waals surface area contributed by atoms with Crippen molar-refractivity contribution in [3.63, 3.8) is 0 Å². The van der Waals surface area contributed by atoms with Crippen LogP contribution in [0.4, 0.5) is 5.69 Å². The van der Waals surface area contributed by atoms with E-state index in [1.807, 2.05) is 43.3 Å². The molecule has 0 aliphatic carbocycles. The maximum absolute atomic E-state index is 12.5. The Morgan fingerprint density at radius 3 is 2.97 bits per heavy atom. The first-order valence-electron chi connectivity index (χ1n) is 9.79. The number of amides is 2. The second kappa shape index (κ2) is 9.23. The van der Waals surface area contributed by atoms with E-state index >= 15 is 0 Å². The number of thiazole rings is 1. The van der Waals surface area contributed by atoms with E-state index in [2.05, 4.69) is 10.3 Å². The average Bonchev–Trinajstić information content (AvgIpc) is 3.18. The number of methoxy groups -OCH3 is 1. The summed E-state index contributed by atoms with van der Waals surface area (Å²) < 4.78 is 10.5. The summed E-state index contributed by atoms with van der Waals surface area (Å²) in [7, 11) is 1.56. The Bertz CT molecular complexity index is 1100. The van der Waals surface area contributed by atoms with Crippen molar-refractivity contribution in [1.82, 2.24) is 15.3 Å². The van der Waals surface area contributed by atoms with Gasteiger partial charge in [0.15, 0.2) is 6.61 Å². The van der Waals surface area contributed by atoms with Crippen LogP contribution < -0.4 is 15.0 Å². The van der Waals surface area contributed by atoms with Crippen LogP contribution in [0.15, 0.2) is 42.6 Å². The van der Waals surface area contributed by atoms with E-state index in [4.69, 9.17) is 14.5 Å². The van der Waals surface area contributed by atoms with Crippen LogP contribution in [0.3, 0.4) is 0 Å². The molecule has 0 radical (unpaired) electrons. The van der Waals surface area contributed by atoms with Crippen molar-refractivity contribution in [3.8, 4) is 27.7 Å². The number of carbonyl (C=O) groups excluding carboxylic acids is 2. The lowest BCUT2D eigenvalue weighted by Gasteiger charge is -2.29. The van der Waals surface area contributed by atoms with Crippen LogP contribution in [0.1, 0.15) is 4.88 Å². The summed E-state index contributed by atoms with van der Waals surface area (Å²) in [5, 5.41) is 3.57. The monoisotopic (exact) mass is 438 g/mol. The maximum Gasteiger partial charge on any atom is 0.265 e. The Morgan fingerprint density at radius 2 is 2.19 bits per heavy atom. The van der Waals surface area contributed by atoms with Gasteiger partial charge < -0.3 is 14.8 Å². The highest BCUT2D eigenvalue weighted by atomic mass is 32.1. The number of benzene rings is 1. The lowest BCUT2D eigenvalue weighted by atomic mass is 10.1. The van der Waals surface area contributed by atoms with E-state index in [0.29, 0.717) is 24.6 Å². The number of ether oxygens (including phenoxy) is 2. The highest BCUT2D eigenvalue weighted by Crippen LogP contribution is 2.38. The summed E-state index contributed by atoms with van der Waals surface area (Å²) in [6.07, 6.45) is 1.74. The molecule has 2 amide bonds. The van der Waals surface area contributed by atoms with Crippen LogP contribution in [-0.4, -0.2) is 55.2 Å². The van der Waals surface area contributed by atoms with Gasteiger partial charge >= 0.3 is 0 Å². The smallest absolute Gasteiger partial charge is 0.265 e. The number of rotatable bonds is 7. The molecule has 3 aromatic rings. The second-order valence-corrected chi connectivity index (χ2v) is 8.14. The van der Waals surface area contributed by atoms with Crippen molar-refractivity contribution in [3.05, 3.63) is 47.5 Å². The van der Waals surface area contributed by atoms with Crippen LogP contribution in [0.25, 0.3) is 22.0 Å². The number of aromatic nitrogens is 2. The molecule has 1 N–H and O–H groups in total. The van der Waals surface area contributed by atoms with Gasteiger partial charge in [0, 0.05) is 30.3 Å². The molecule has 9 heteroatoms. The summed E-state index contributed by atoms with van der Waals surface area (Å²) in [5.41, 5.74) is 3.03. The Kier molecular flexibility index (Phi) is 6.24. The Balaban J connectivity index is 1.63. The fourth-order valence-corrected chi connectivity index (χ4v) is 4.19. The van der Waals surface area contributed by atoms with Gasteiger partial charge in [-0.1, -0.05) is 6.07 Å². The number of pyridine rings is 1. The van der Waals surface area contributed by atoms with Crippen molar-refractivity contribution in [2.24, 2.45) is 0 Å².